The number of furan rings is 1. The molecule has 0 unspecified atom stereocenters. The molecule has 0 fully saturated rings. The molecule has 0 radical (unpaired) electrons. The lowest BCUT2D eigenvalue weighted by atomic mass is 10.1. The fourth-order valence-electron chi connectivity index (χ4n) is 3.77. The van der Waals surface area contributed by atoms with Crippen LogP contribution >= 0.6 is 0 Å². The molecule has 2 N–H and O–H groups in total. The Morgan fingerprint density at radius 2 is 1.77 bits per heavy atom. The SMILES string of the molecule is Cc1ccc(C(=O)Nc2cccc(CNC(=O)c3cc(-c4ccco4)nc4onc(C)c34)c2)cc1. The van der Waals surface area contributed by atoms with Crippen LogP contribution in [-0.2, 0) is 6.54 Å². The number of fused-ring (bicyclic) bond motifs is 1. The molecule has 0 aliphatic heterocycles. The maximum atomic E-state index is 13.2. The average molecular weight is 466 g/mol. The van der Waals surface area contributed by atoms with E-state index >= 15 is 0 Å². The quantitative estimate of drug-likeness (QED) is 0.352. The van der Waals surface area contributed by atoms with Gasteiger partial charge in [-0.25, -0.2) is 4.98 Å². The Bertz CT molecular complexity index is 1520. The highest BCUT2D eigenvalue weighted by Crippen LogP contribution is 2.27. The number of benzene rings is 2. The number of rotatable bonds is 6. The molecule has 35 heavy (non-hydrogen) atoms. The van der Waals surface area contributed by atoms with Crippen molar-refractivity contribution in [3.8, 4) is 11.5 Å². The predicted octanol–water partition coefficient (Wildman–Crippen LogP) is 5.28. The van der Waals surface area contributed by atoms with E-state index in [1.165, 1.54) is 6.26 Å². The minimum absolute atomic E-state index is 0.196. The van der Waals surface area contributed by atoms with Crippen LogP contribution in [0, 0.1) is 13.8 Å². The number of amides is 2. The summed E-state index contributed by atoms with van der Waals surface area (Å²) in [6.45, 7) is 3.99. The zero-order valence-corrected chi connectivity index (χ0v) is 19.2. The van der Waals surface area contributed by atoms with E-state index in [2.05, 4.69) is 20.8 Å². The molecule has 0 spiro atoms. The molecule has 8 heteroatoms. The van der Waals surface area contributed by atoms with Crippen LogP contribution in [0.25, 0.3) is 22.6 Å². The van der Waals surface area contributed by atoms with Gasteiger partial charge in [0.1, 0.15) is 5.69 Å². The number of nitrogens with zero attached hydrogens (tertiary/aromatic N) is 2. The van der Waals surface area contributed by atoms with Crippen molar-refractivity contribution in [2.75, 3.05) is 5.32 Å². The molecular formula is C27H22N4O4. The third kappa shape index (κ3) is 4.67. The summed E-state index contributed by atoms with van der Waals surface area (Å²) in [6.07, 6.45) is 1.54. The number of aryl methyl sites for hydroxylation is 2. The number of carbonyl (C=O) groups excluding carboxylic acids is 2. The van der Waals surface area contributed by atoms with E-state index in [-0.39, 0.29) is 24.1 Å². The fourth-order valence-corrected chi connectivity index (χ4v) is 3.77. The van der Waals surface area contributed by atoms with Crippen LogP contribution in [0.5, 0.6) is 0 Å². The van der Waals surface area contributed by atoms with Crippen molar-refractivity contribution in [2.45, 2.75) is 20.4 Å². The summed E-state index contributed by atoms with van der Waals surface area (Å²) in [7, 11) is 0. The standard InChI is InChI=1S/C27H22N4O4/c1-16-8-10-19(11-9-16)25(32)29-20-6-3-5-18(13-20)15-28-26(33)21-14-22(23-7-4-12-34-23)30-27-24(21)17(2)31-35-27/h3-14H,15H2,1-2H3,(H,28,33)(H,29,32). The highest BCUT2D eigenvalue weighted by atomic mass is 16.5. The van der Waals surface area contributed by atoms with Crippen molar-refractivity contribution < 1.29 is 18.5 Å². The smallest absolute Gasteiger partial charge is 0.259 e. The number of nitrogens with one attached hydrogen (secondary N) is 2. The van der Waals surface area contributed by atoms with Gasteiger partial charge in [0.25, 0.3) is 17.5 Å². The topological polar surface area (TPSA) is 110 Å². The first-order chi connectivity index (χ1) is 17.0. The molecule has 0 aliphatic rings. The van der Waals surface area contributed by atoms with E-state index in [9.17, 15) is 9.59 Å². The van der Waals surface area contributed by atoms with Crippen molar-refractivity contribution in [1.29, 1.82) is 0 Å². The van der Waals surface area contributed by atoms with Gasteiger partial charge in [0.2, 0.25) is 0 Å². The van der Waals surface area contributed by atoms with Crippen LogP contribution in [0.15, 0.2) is 81.9 Å². The number of aromatic nitrogens is 2. The Morgan fingerprint density at radius 3 is 2.54 bits per heavy atom. The maximum Gasteiger partial charge on any atom is 0.259 e. The van der Waals surface area contributed by atoms with Gasteiger partial charge in [-0.1, -0.05) is 35.0 Å². The molecule has 0 atom stereocenters. The summed E-state index contributed by atoms with van der Waals surface area (Å²) in [5.41, 5.74) is 4.85. The van der Waals surface area contributed by atoms with Crippen LogP contribution in [0.1, 0.15) is 37.5 Å². The summed E-state index contributed by atoms with van der Waals surface area (Å²) < 4.78 is 10.7. The summed E-state index contributed by atoms with van der Waals surface area (Å²) in [6, 6.07) is 19.9. The second kappa shape index (κ2) is 9.26. The Hall–Kier alpha value is -4.72. The summed E-state index contributed by atoms with van der Waals surface area (Å²) in [5.74, 6) is 0.0244. The average Bonchev–Trinajstić information content (AvgIpc) is 3.53. The van der Waals surface area contributed by atoms with Crippen molar-refractivity contribution in [2.24, 2.45) is 0 Å². The minimum Gasteiger partial charge on any atom is -0.463 e. The first kappa shape index (κ1) is 22.1. The normalized spacial score (nSPS) is 10.9. The van der Waals surface area contributed by atoms with Crippen LogP contribution in [0.3, 0.4) is 0 Å². The van der Waals surface area contributed by atoms with Crippen molar-refractivity contribution in [3.63, 3.8) is 0 Å². The summed E-state index contributed by atoms with van der Waals surface area (Å²) in [5, 5.41) is 10.3. The molecule has 0 saturated heterocycles. The van der Waals surface area contributed by atoms with Gasteiger partial charge < -0.3 is 19.6 Å². The van der Waals surface area contributed by atoms with Crippen molar-refractivity contribution in [1.82, 2.24) is 15.5 Å². The molecule has 8 nitrogen and oxygen atoms in total. The van der Waals surface area contributed by atoms with Crippen LogP contribution < -0.4 is 10.6 Å². The monoisotopic (exact) mass is 466 g/mol. The molecular weight excluding hydrogens is 444 g/mol. The first-order valence-corrected chi connectivity index (χ1v) is 11.0. The lowest BCUT2D eigenvalue weighted by Crippen LogP contribution is -2.23. The van der Waals surface area contributed by atoms with Gasteiger partial charge in [0.15, 0.2) is 5.76 Å². The van der Waals surface area contributed by atoms with Gasteiger partial charge in [0.05, 0.1) is 22.9 Å². The third-order valence-electron chi connectivity index (χ3n) is 5.59. The number of carbonyl (C=O) groups is 2. The Balaban J connectivity index is 1.33. The summed E-state index contributed by atoms with van der Waals surface area (Å²) in [4.78, 5) is 30.1. The third-order valence-corrected chi connectivity index (χ3v) is 5.59. The first-order valence-electron chi connectivity index (χ1n) is 11.0. The molecule has 2 aromatic carbocycles. The van der Waals surface area contributed by atoms with Gasteiger partial charge in [-0.15, -0.1) is 0 Å². The second-order valence-corrected chi connectivity index (χ2v) is 8.18. The number of pyridine rings is 1. The molecule has 5 aromatic rings. The van der Waals surface area contributed by atoms with E-state index in [4.69, 9.17) is 8.94 Å². The van der Waals surface area contributed by atoms with E-state index in [1.54, 1.807) is 43.3 Å². The largest absolute Gasteiger partial charge is 0.463 e. The molecule has 3 heterocycles. The van der Waals surface area contributed by atoms with E-state index in [0.29, 0.717) is 39.3 Å². The van der Waals surface area contributed by atoms with Gasteiger partial charge >= 0.3 is 0 Å². The van der Waals surface area contributed by atoms with Crippen molar-refractivity contribution in [3.05, 3.63) is 101 Å². The van der Waals surface area contributed by atoms with Gasteiger partial charge in [-0.3, -0.25) is 9.59 Å². The zero-order chi connectivity index (χ0) is 24.4. The second-order valence-electron chi connectivity index (χ2n) is 8.18. The molecule has 2 amide bonds. The Labute approximate surface area is 201 Å². The summed E-state index contributed by atoms with van der Waals surface area (Å²) >= 11 is 0. The molecule has 174 valence electrons. The lowest BCUT2D eigenvalue weighted by Gasteiger charge is -2.10. The van der Waals surface area contributed by atoms with E-state index in [1.807, 2.05) is 37.3 Å². The van der Waals surface area contributed by atoms with Crippen LogP contribution in [-0.4, -0.2) is 22.0 Å². The predicted molar refractivity (Wildman–Crippen MR) is 131 cm³/mol. The zero-order valence-electron chi connectivity index (χ0n) is 19.2. The highest BCUT2D eigenvalue weighted by Gasteiger charge is 2.20. The van der Waals surface area contributed by atoms with Crippen LogP contribution in [0.4, 0.5) is 5.69 Å². The van der Waals surface area contributed by atoms with Gasteiger partial charge in [0, 0.05) is 17.8 Å². The van der Waals surface area contributed by atoms with E-state index < -0.39 is 0 Å². The highest BCUT2D eigenvalue weighted by molar-refractivity contribution is 6.07. The molecule has 5 rings (SSSR count). The van der Waals surface area contributed by atoms with E-state index in [0.717, 1.165) is 11.1 Å². The molecule has 0 bridgehead atoms. The lowest BCUT2D eigenvalue weighted by molar-refractivity contribution is 0.0951. The molecule has 0 saturated carbocycles. The fraction of sp³-hybridized carbons (Fsp3) is 0.111. The maximum absolute atomic E-state index is 13.2. The Morgan fingerprint density at radius 1 is 0.943 bits per heavy atom. The molecule has 3 aromatic heterocycles. The number of anilines is 1. The number of hydrogen-bond acceptors (Lipinski definition) is 6. The Kier molecular flexibility index (Phi) is 5.85. The molecule has 0 aliphatic carbocycles. The minimum atomic E-state index is -0.300. The van der Waals surface area contributed by atoms with Gasteiger partial charge in [-0.05, 0) is 61.9 Å². The number of hydrogen-bond donors (Lipinski definition) is 2. The van der Waals surface area contributed by atoms with Crippen molar-refractivity contribution >= 4 is 28.6 Å². The van der Waals surface area contributed by atoms with Crippen LogP contribution in [0.2, 0.25) is 0 Å². The van der Waals surface area contributed by atoms with Gasteiger partial charge in [-0.2, -0.15) is 0 Å².